The van der Waals surface area contributed by atoms with Crippen LogP contribution in [-0.4, -0.2) is 22.9 Å². The number of benzene rings is 3. The lowest BCUT2D eigenvalue weighted by Crippen LogP contribution is -2.30. The van der Waals surface area contributed by atoms with Crippen molar-refractivity contribution in [2.45, 2.75) is 62.9 Å². The van der Waals surface area contributed by atoms with Crippen LogP contribution in [0.2, 0.25) is 0 Å². The monoisotopic (exact) mass is 477 g/mol. The standard InChI is InChI=1S/C28H31NO4S/c1-19-7-10-22(11-8-19)28-25-13-9-21(15-20-5-3-2-4-6-20)16-23(25)18-29(28)34(32,33)27-14-12-24(30)17-26(27)31/h7-14,16-17,20,28,30-31H,2-6,15,18H2,1H3/t28-/m0/s1. The quantitative estimate of drug-likeness (QED) is 0.485. The van der Waals surface area contributed by atoms with Crippen LogP contribution in [-0.2, 0) is 23.0 Å². The second kappa shape index (κ2) is 9.08. The molecule has 1 aliphatic heterocycles. The zero-order valence-electron chi connectivity index (χ0n) is 19.4. The maximum absolute atomic E-state index is 13.8. The third-order valence-corrected chi connectivity index (χ3v) is 9.15. The van der Waals surface area contributed by atoms with Gasteiger partial charge in [-0.1, -0.05) is 80.1 Å². The summed E-state index contributed by atoms with van der Waals surface area (Å²) in [5, 5.41) is 20.0. The highest BCUT2D eigenvalue weighted by Gasteiger charge is 2.41. The van der Waals surface area contributed by atoms with Crippen LogP contribution in [0.3, 0.4) is 0 Å². The smallest absolute Gasteiger partial charge is 0.247 e. The fraction of sp³-hybridized carbons (Fsp3) is 0.357. The van der Waals surface area contributed by atoms with Crippen molar-refractivity contribution < 1.29 is 18.6 Å². The van der Waals surface area contributed by atoms with E-state index in [0.717, 1.165) is 34.7 Å². The van der Waals surface area contributed by atoms with Crippen LogP contribution >= 0.6 is 0 Å². The molecule has 1 saturated carbocycles. The molecule has 0 aromatic heterocycles. The number of fused-ring (bicyclic) bond motifs is 1. The second-order valence-electron chi connectivity index (χ2n) is 9.76. The Bertz CT molecular complexity index is 1290. The molecule has 0 radical (unpaired) electrons. The largest absolute Gasteiger partial charge is 0.508 e. The molecule has 0 unspecified atom stereocenters. The van der Waals surface area contributed by atoms with E-state index in [2.05, 4.69) is 18.2 Å². The van der Waals surface area contributed by atoms with Crippen LogP contribution in [0.4, 0.5) is 0 Å². The highest BCUT2D eigenvalue weighted by molar-refractivity contribution is 7.89. The molecule has 1 aliphatic carbocycles. The molecule has 1 fully saturated rings. The summed E-state index contributed by atoms with van der Waals surface area (Å²) in [6, 6.07) is 17.5. The van der Waals surface area contributed by atoms with Crippen molar-refractivity contribution in [3.8, 4) is 11.5 Å². The molecule has 34 heavy (non-hydrogen) atoms. The summed E-state index contributed by atoms with van der Waals surface area (Å²) in [6.45, 7) is 2.25. The molecule has 1 atom stereocenters. The van der Waals surface area contributed by atoms with Gasteiger partial charge in [-0.3, -0.25) is 0 Å². The number of phenolic OH excluding ortho intramolecular Hbond substituents is 2. The lowest BCUT2D eigenvalue weighted by atomic mass is 9.84. The maximum Gasteiger partial charge on any atom is 0.247 e. The van der Waals surface area contributed by atoms with E-state index < -0.39 is 21.8 Å². The van der Waals surface area contributed by atoms with Gasteiger partial charge in [-0.25, -0.2) is 8.42 Å². The van der Waals surface area contributed by atoms with Gasteiger partial charge >= 0.3 is 0 Å². The van der Waals surface area contributed by atoms with Gasteiger partial charge < -0.3 is 10.2 Å². The molecule has 3 aromatic carbocycles. The highest BCUT2D eigenvalue weighted by atomic mass is 32.2. The van der Waals surface area contributed by atoms with Gasteiger partial charge in [-0.15, -0.1) is 0 Å². The molecule has 1 heterocycles. The van der Waals surface area contributed by atoms with Gasteiger partial charge in [0.15, 0.2) is 0 Å². The minimum absolute atomic E-state index is 0.177. The summed E-state index contributed by atoms with van der Waals surface area (Å²) in [5.41, 5.74) is 5.26. The van der Waals surface area contributed by atoms with Gasteiger partial charge in [0.25, 0.3) is 0 Å². The molecule has 0 bridgehead atoms. The normalized spacial score (nSPS) is 19.3. The molecule has 2 aliphatic rings. The predicted molar refractivity (Wildman–Crippen MR) is 132 cm³/mol. The van der Waals surface area contributed by atoms with E-state index in [0.29, 0.717) is 5.92 Å². The van der Waals surface area contributed by atoms with Crippen molar-refractivity contribution in [3.05, 3.63) is 88.5 Å². The highest BCUT2D eigenvalue weighted by Crippen LogP contribution is 2.44. The van der Waals surface area contributed by atoms with Crippen LogP contribution in [0.5, 0.6) is 11.5 Å². The summed E-state index contributed by atoms with van der Waals surface area (Å²) >= 11 is 0. The molecule has 178 valence electrons. The fourth-order valence-corrected chi connectivity index (χ4v) is 7.13. The van der Waals surface area contributed by atoms with Gasteiger partial charge in [0.2, 0.25) is 10.0 Å². The fourth-order valence-electron chi connectivity index (χ4n) is 5.50. The average Bonchev–Trinajstić information content (AvgIpc) is 3.20. The van der Waals surface area contributed by atoms with Crippen LogP contribution in [0, 0.1) is 12.8 Å². The zero-order valence-corrected chi connectivity index (χ0v) is 20.3. The van der Waals surface area contributed by atoms with E-state index in [1.807, 2.05) is 31.2 Å². The number of hydrogen-bond acceptors (Lipinski definition) is 4. The Morgan fingerprint density at radius 3 is 2.35 bits per heavy atom. The molecular weight excluding hydrogens is 446 g/mol. The molecule has 5 nitrogen and oxygen atoms in total. The Morgan fingerprint density at radius 1 is 0.912 bits per heavy atom. The summed E-state index contributed by atoms with van der Waals surface area (Å²) in [4.78, 5) is -0.197. The van der Waals surface area contributed by atoms with E-state index in [9.17, 15) is 18.6 Å². The van der Waals surface area contributed by atoms with Crippen molar-refractivity contribution in [3.63, 3.8) is 0 Å². The topological polar surface area (TPSA) is 77.8 Å². The Labute approximate surface area is 201 Å². The Kier molecular flexibility index (Phi) is 6.13. The van der Waals surface area contributed by atoms with Crippen molar-refractivity contribution in [2.75, 3.05) is 0 Å². The zero-order chi connectivity index (χ0) is 23.9. The molecule has 0 spiro atoms. The Balaban J connectivity index is 1.55. The van der Waals surface area contributed by atoms with Gasteiger partial charge in [0, 0.05) is 12.6 Å². The van der Waals surface area contributed by atoms with Crippen LogP contribution < -0.4 is 0 Å². The molecule has 0 saturated heterocycles. The first-order chi connectivity index (χ1) is 16.3. The van der Waals surface area contributed by atoms with E-state index in [1.54, 1.807) is 0 Å². The summed E-state index contributed by atoms with van der Waals surface area (Å²) < 4.78 is 29.0. The number of nitrogens with zero attached hydrogens (tertiary/aromatic N) is 1. The summed E-state index contributed by atoms with van der Waals surface area (Å²) in [5.74, 6) is 0.0788. The van der Waals surface area contributed by atoms with E-state index in [1.165, 1.54) is 54.1 Å². The first-order valence-corrected chi connectivity index (χ1v) is 13.5. The van der Waals surface area contributed by atoms with E-state index in [-0.39, 0.29) is 17.2 Å². The molecule has 6 heteroatoms. The maximum atomic E-state index is 13.8. The molecule has 5 rings (SSSR count). The van der Waals surface area contributed by atoms with Crippen LogP contribution in [0.25, 0.3) is 0 Å². The van der Waals surface area contributed by atoms with Gasteiger partial charge in [-0.2, -0.15) is 4.31 Å². The van der Waals surface area contributed by atoms with E-state index in [4.69, 9.17) is 0 Å². The number of hydrogen-bond donors (Lipinski definition) is 2. The van der Waals surface area contributed by atoms with Crippen molar-refractivity contribution in [2.24, 2.45) is 5.92 Å². The molecule has 2 N–H and O–H groups in total. The molecule has 0 amide bonds. The molecular formula is C28H31NO4S. The Morgan fingerprint density at radius 2 is 1.65 bits per heavy atom. The third-order valence-electron chi connectivity index (χ3n) is 7.29. The average molecular weight is 478 g/mol. The summed E-state index contributed by atoms with van der Waals surface area (Å²) in [6.07, 6.45) is 7.50. The number of rotatable bonds is 5. The van der Waals surface area contributed by atoms with Crippen molar-refractivity contribution >= 4 is 10.0 Å². The molecule has 3 aromatic rings. The minimum atomic E-state index is -4.03. The second-order valence-corrected chi connectivity index (χ2v) is 11.6. The van der Waals surface area contributed by atoms with Crippen LogP contribution in [0.1, 0.15) is 66.0 Å². The van der Waals surface area contributed by atoms with Crippen molar-refractivity contribution in [1.29, 1.82) is 0 Å². The number of aryl methyl sites for hydroxylation is 1. The van der Waals surface area contributed by atoms with Crippen molar-refractivity contribution in [1.82, 2.24) is 4.31 Å². The van der Waals surface area contributed by atoms with E-state index >= 15 is 0 Å². The van der Waals surface area contributed by atoms with Gasteiger partial charge in [-0.05, 0) is 53.6 Å². The number of aromatic hydroxyl groups is 2. The summed E-state index contributed by atoms with van der Waals surface area (Å²) in [7, 11) is -4.03. The first kappa shape index (κ1) is 22.9. The lowest BCUT2D eigenvalue weighted by Gasteiger charge is -2.25. The third kappa shape index (κ3) is 4.32. The predicted octanol–water partition coefficient (Wildman–Crippen LogP) is 5.82. The number of phenols is 2. The van der Waals surface area contributed by atoms with Crippen LogP contribution in [0.15, 0.2) is 65.6 Å². The SMILES string of the molecule is Cc1ccc([C@H]2c3ccc(CC4CCCCC4)cc3CN2S(=O)(=O)c2ccc(O)cc2O)cc1. The minimum Gasteiger partial charge on any atom is -0.508 e. The van der Waals surface area contributed by atoms with Gasteiger partial charge in [0.1, 0.15) is 16.4 Å². The Hall–Kier alpha value is -2.83. The van der Waals surface area contributed by atoms with Gasteiger partial charge in [0.05, 0.1) is 6.04 Å². The first-order valence-electron chi connectivity index (χ1n) is 12.0. The lowest BCUT2D eigenvalue weighted by molar-refractivity contribution is 0.356. The number of sulfonamides is 1.